The molecule has 0 radical (unpaired) electrons. The van der Waals surface area contributed by atoms with Gasteiger partial charge in [-0.05, 0) is 18.7 Å². The number of nitrogens with zero attached hydrogens (tertiary/aromatic N) is 3. The zero-order valence-corrected chi connectivity index (χ0v) is 15.6. The molecule has 132 valence electrons. The third-order valence-electron chi connectivity index (χ3n) is 3.88. The molecule has 0 fully saturated rings. The number of esters is 1. The Bertz CT molecular complexity index is 805. The van der Waals surface area contributed by atoms with Crippen LogP contribution < -0.4 is 5.32 Å². The van der Waals surface area contributed by atoms with Gasteiger partial charge in [0.2, 0.25) is 5.95 Å². The lowest BCUT2D eigenvalue weighted by Crippen LogP contribution is -2.30. The van der Waals surface area contributed by atoms with E-state index in [-0.39, 0.29) is 5.97 Å². The molecule has 25 heavy (non-hydrogen) atoms. The van der Waals surface area contributed by atoms with Gasteiger partial charge in [-0.25, -0.2) is 9.48 Å². The normalized spacial score (nSPS) is 16.4. The predicted octanol–water partition coefficient (Wildman–Crippen LogP) is 3.52. The van der Waals surface area contributed by atoms with Gasteiger partial charge in [0.05, 0.1) is 5.57 Å². The topological polar surface area (TPSA) is 69.0 Å². The Labute approximate surface area is 155 Å². The Morgan fingerprint density at radius 3 is 3.00 bits per heavy atom. The number of allylic oxidation sites excluding steroid dienone is 1. The fourth-order valence-corrected chi connectivity index (χ4v) is 3.48. The second kappa shape index (κ2) is 7.93. The average molecular weight is 379 g/mol. The predicted molar refractivity (Wildman–Crippen MR) is 99.9 cm³/mol. The number of halogens is 1. The maximum absolute atomic E-state index is 12.8. The van der Waals surface area contributed by atoms with Crippen molar-refractivity contribution in [2.45, 2.75) is 19.9 Å². The van der Waals surface area contributed by atoms with Crippen LogP contribution in [0.25, 0.3) is 0 Å². The lowest BCUT2D eigenvalue weighted by Gasteiger charge is -2.28. The van der Waals surface area contributed by atoms with Crippen LogP contribution in [0.5, 0.6) is 0 Å². The van der Waals surface area contributed by atoms with Gasteiger partial charge in [-0.3, -0.25) is 0 Å². The van der Waals surface area contributed by atoms with Gasteiger partial charge in [0.25, 0.3) is 0 Å². The molecule has 1 aromatic carbocycles. The first kappa shape index (κ1) is 17.8. The van der Waals surface area contributed by atoms with Gasteiger partial charge in [0.15, 0.2) is 0 Å². The third-order valence-corrected chi connectivity index (χ3v) is 5.09. The first-order valence-electron chi connectivity index (χ1n) is 8.00. The van der Waals surface area contributed by atoms with Crippen LogP contribution in [0, 0.1) is 0 Å². The molecule has 0 bridgehead atoms. The summed E-state index contributed by atoms with van der Waals surface area (Å²) in [4.78, 5) is 17.0. The summed E-state index contributed by atoms with van der Waals surface area (Å²) in [6.45, 7) is 4.27. The van der Waals surface area contributed by atoms with Gasteiger partial charge >= 0.3 is 5.97 Å². The largest absolute Gasteiger partial charge is 0.461 e. The van der Waals surface area contributed by atoms with Crippen LogP contribution in [0.3, 0.4) is 0 Å². The summed E-state index contributed by atoms with van der Waals surface area (Å²) in [7, 11) is 0. The summed E-state index contributed by atoms with van der Waals surface area (Å²) in [5, 5.41) is 7.95. The van der Waals surface area contributed by atoms with E-state index in [4.69, 9.17) is 16.3 Å². The molecule has 1 aliphatic rings. The van der Waals surface area contributed by atoms with Crippen molar-refractivity contribution < 1.29 is 9.53 Å². The Hall–Kier alpha value is -1.99. The number of thioether (sulfide) groups is 1. The first-order chi connectivity index (χ1) is 12.1. The molecule has 0 aliphatic carbocycles. The molecule has 0 unspecified atom stereocenters. The monoisotopic (exact) mass is 378 g/mol. The minimum absolute atomic E-state index is 0.368. The van der Waals surface area contributed by atoms with Crippen LogP contribution in [0.2, 0.25) is 5.02 Å². The van der Waals surface area contributed by atoms with Gasteiger partial charge in [-0.1, -0.05) is 36.7 Å². The minimum atomic E-state index is -0.473. The van der Waals surface area contributed by atoms with Crippen LogP contribution in [0.15, 0.2) is 41.9 Å². The van der Waals surface area contributed by atoms with Crippen molar-refractivity contribution in [1.82, 2.24) is 14.8 Å². The molecule has 6 nitrogen and oxygen atoms in total. The molecule has 0 saturated heterocycles. The van der Waals surface area contributed by atoms with Crippen molar-refractivity contribution in [2.75, 3.05) is 23.4 Å². The summed E-state index contributed by atoms with van der Waals surface area (Å²) in [5.74, 6) is 1.96. The van der Waals surface area contributed by atoms with E-state index in [0.29, 0.717) is 28.8 Å². The number of benzene rings is 1. The quantitative estimate of drug-likeness (QED) is 0.612. The first-order valence-corrected chi connectivity index (χ1v) is 9.53. The fraction of sp³-hybridized carbons (Fsp3) is 0.353. The van der Waals surface area contributed by atoms with E-state index in [1.807, 2.05) is 25.1 Å². The number of fused-ring (bicyclic) bond motifs is 1. The summed E-state index contributed by atoms with van der Waals surface area (Å²) in [6.07, 6.45) is 1.45. The van der Waals surface area contributed by atoms with Crippen LogP contribution in [0.4, 0.5) is 5.95 Å². The van der Waals surface area contributed by atoms with Crippen LogP contribution in [-0.2, 0) is 9.53 Å². The SMILES string of the molecule is CCSCCOC(=O)C1=C(C)Nc2ncnn2[C@@H]1c1ccccc1Cl. The van der Waals surface area contributed by atoms with E-state index < -0.39 is 6.04 Å². The highest BCUT2D eigenvalue weighted by molar-refractivity contribution is 7.99. The van der Waals surface area contributed by atoms with E-state index in [1.54, 1.807) is 22.5 Å². The lowest BCUT2D eigenvalue weighted by atomic mass is 9.96. The van der Waals surface area contributed by atoms with Crippen LogP contribution in [0.1, 0.15) is 25.5 Å². The van der Waals surface area contributed by atoms with E-state index in [0.717, 1.165) is 17.1 Å². The minimum Gasteiger partial charge on any atom is -0.461 e. The molecule has 2 heterocycles. The Morgan fingerprint density at radius 1 is 1.44 bits per heavy atom. The number of hydrogen-bond donors (Lipinski definition) is 1. The van der Waals surface area contributed by atoms with Gasteiger partial charge in [0, 0.05) is 22.0 Å². The van der Waals surface area contributed by atoms with Gasteiger partial charge in [-0.2, -0.15) is 21.8 Å². The van der Waals surface area contributed by atoms with E-state index >= 15 is 0 Å². The molecule has 3 rings (SSSR count). The molecule has 1 atom stereocenters. The Morgan fingerprint density at radius 2 is 2.24 bits per heavy atom. The highest BCUT2D eigenvalue weighted by Crippen LogP contribution is 2.37. The zero-order chi connectivity index (χ0) is 17.8. The van der Waals surface area contributed by atoms with Crippen molar-refractivity contribution >= 4 is 35.3 Å². The molecule has 0 spiro atoms. The number of aromatic nitrogens is 3. The molecule has 1 aromatic heterocycles. The van der Waals surface area contributed by atoms with Crippen LogP contribution >= 0.6 is 23.4 Å². The summed E-state index contributed by atoms with van der Waals surface area (Å²) >= 11 is 8.12. The van der Waals surface area contributed by atoms with Crippen LogP contribution in [-0.4, -0.2) is 38.8 Å². The molecule has 1 N–H and O–H groups in total. The van der Waals surface area contributed by atoms with Crippen molar-refractivity contribution in [3.63, 3.8) is 0 Å². The highest BCUT2D eigenvalue weighted by atomic mass is 35.5. The summed E-state index contributed by atoms with van der Waals surface area (Å²) in [6, 6.07) is 6.95. The third kappa shape index (κ3) is 3.67. The molecule has 2 aromatic rings. The molecule has 0 amide bonds. The number of rotatable bonds is 6. The number of carbonyl (C=O) groups is 1. The summed E-state index contributed by atoms with van der Waals surface area (Å²) < 4.78 is 7.13. The van der Waals surface area contributed by atoms with E-state index in [2.05, 4.69) is 22.3 Å². The molecule has 8 heteroatoms. The standard InChI is InChI=1S/C17H19ClN4O2S/c1-3-25-9-8-24-16(23)14-11(2)21-17-19-10-20-22(17)15(14)12-6-4-5-7-13(12)18/h4-7,10,15H,3,8-9H2,1-2H3,(H,19,20,21)/t15-/m1/s1. The number of hydrogen-bond acceptors (Lipinski definition) is 6. The number of ether oxygens (including phenoxy) is 1. The zero-order valence-electron chi connectivity index (χ0n) is 14.0. The molecule has 1 aliphatic heterocycles. The number of carbonyl (C=O) groups excluding carboxylic acids is 1. The maximum atomic E-state index is 12.8. The second-order valence-corrected chi connectivity index (χ2v) is 7.25. The average Bonchev–Trinajstić information content (AvgIpc) is 3.06. The van der Waals surface area contributed by atoms with E-state index in [9.17, 15) is 4.79 Å². The fourth-order valence-electron chi connectivity index (χ4n) is 2.76. The second-order valence-electron chi connectivity index (χ2n) is 5.45. The smallest absolute Gasteiger partial charge is 0.338 e. The van der Waals surface area contributed by atoms with Crippen molar-refractivity contribution in [1.29, 1.82) is 0 Å². The van der Waals surface area contributed by atoms with E-state index in [1.165, 1.54) is 6.33 Å². The number of nitrogens with one attached hydrogen (secondary N) is 1. The molecule has 0 saturated carbocycles. The Kier molecular flexibility index (Phi) is 5.65. The van der Waals surface area contributed by atoms with Gasteiger partial charge in [0.1, 0.15) is 19.0 Å². The molecular formula is C17H19ClN4O2S. The van der Waals surface area contributed by atoms with Crippen molar-refractivity contribution in [2.24, 2.45) is 0 Å². The highest BCUT2D eigenvalue weighted by Gasteiger charge is 2.35. The maximum Gasteiger partial charge on any atom is 0.338 e. The lowest BCUT2D eigenvalue weighted by molar-refractivity contribution is -0.138. The Balaban J connectivity index is 1.96. The van der Waals surface area contributed by atoms with Crippen molar-refractivity contribution in [3.05, 3.63) is 52.4 Å². The van der Waals surface area contributed by atoms with Gasteiger partial charge < -0.3 is 10.1 Å². The summed E-state index contributed by atoms with van der Waals surface area (Å²) in [5.41, 5.74) is 1.97. The number of anilines is 1. The molecular weight excluding hydrogens is 360 g/mol. The van der Waals surface area contributed by atoms with Gasteiger partial charge in [-0.15, -0.1) is 0 Å². The van der Waals surface area contributed by atoms with Crippen molar-refractivity contribution in [3.8, 4) is 0 Å².